The molecule has 2 fully saturated rings. The van der Waals surface area contributed by atoms with Crippen LogP contribution in [-0.4, -0.2) is 120 Å². The summed E-state index contributed by atoms with van der Waals surface area (Å²) in [5.41, 5.74) is 6.94. The Bertz CT molecular complexity index is 1400. The topological polar surface area (TPSA) is 308 Å². The first-order valence-electron chi connectivity index (χ1n) is 19.1. The third-order valence-corrected chi connectivity index (χ3v) is 10.8. The van der Waals surface area contributed by atoms with Gasteiger partial charge in [0.2, 0.25) is 47.3 Å². The number of unbranched alkanes of at least 4 members (excludes halogenated alkanes) is 2. The first-order valence-corrected chi connectivity index (χ1v) is 20.1. The lowest BCUT2D eigenvalue weighted by Crippen LogP contribution is -2.54. The lowest BCUT2D eigenvalue weighted by molar-refractivity contribution is -0.136. The average molecular weight is 813 g/mol. The van der Waals surface area contributed by atoms with Crippen molar-refractivity contribution in [3.8, 4) is 0 Å². The fourth-order valence-electron chi connectivity index (χ4n) is 6.31. The van der Waals surface area contributed by atoms with Crippen molar-refractivity contribution in [3.05, 3.63) is 0 Å². The van der Waals surface area contributed by atoms with Crippen LogP contribution in [-0.2, 0) is 38.4 Å². The van der Waals surface area contributed by atoms with Crippen molar-refractivity contribution in [1.29, 1.82) is 0 Å². The maximum atomic E-state index is 12.8. The van der Waals surface area contributed by atoms with E-state index < -0.39 is 84.9 Å². The molecule has 0 spiro atoms. The second-order valence-corrected chi connectivity index (χ2v) is 16.1. The molecule has 0 aromatic carbocycles. The van der Waals surface area contributed by atoms with E-state index in [4.69, 9.17) is 10.9 Å². The highest BCUT2D eigenvalue weighted by Crippen LogP contribution is 2.33. The van der Waals surface area contributed by atoms with Crippen LogP contribution >= 0.6 is 11.8 Å². The van der Waals surface area contributed by atoms with Crippen molar-refractivity contribution in [2.75, 3.05) is 31.9 Å². The Balaban J connectivity index is 1.62. The number of carbonyl (C=O) groups excluding carboxylic acids is 9. The van der Waals surface area contributed by atoms with Gasteiger partial charge in [0.15, 0.2) is 0 Å². The number of amides is 10. The lowest BCUT2D eigenvalue weighted by Gasteiger charge is -2.22. The Hall–Kier alpha value is -4.66. The van der Waals surface area contributed by atoms with Crippen molar-refractivity contribution in [3.63, 3.8) is 0 Å². The van der Waals surface area contributed by atoms with Gasteiger partial charge in [-0.2, -0.15) is 11.8 Å². The fourth-order valence-corrected chi connectivity index (χ4v) is 7.85. The van der Waals surface area contributed by atoms with E-state index in [0.717, 1.165) is 25.0 Å². The number of nitrogens with two attached hydrogens (primary N) is 1. The van der Waals surface area contributed by atoms with Crippen molar-refractivity contribution in [2.45, 2.75) is 115 Å². The molecule has 20 nitrogen and oxygen atoms in total. The van der Waals surface area contributed by atoms with E-state index in [1.165, 1.54) is 5.48 Å². The lowest BCUT2D eigenvalue weighted by atomic mass is 9.93. The fraction of sp³-hybridized carbons (Fsp3) is 0.743. The molecule has 10 amide bonds. The molecule has 2 aliphatic rings. The molecule has 0 aromatic heterocycles. The summed E-state index contributed by atoms with van der Waals surface area (Å²) in [6, 6.07) is -1.86. The Morgan fingerprint density at radius 3 is 2.11 bits per heavy atom. The molecule has 2 heterocycles. The van der Waals surface area contributed by atoms with Gasteiger partial charge in [-0.25, -0.2) is 10.3 Å². The largest absolute Gasteiger partial charge is 0.368 e. The molecule has 0 aliphatic carbocycles. The molecule has 56 heavy (non-hydrogen) atoms. The Labute approximate surface area is 331 Å². The molecule has 12 N–H and O–H groups in total. The monoisotopic (exact) mass is 812 g/mol. The van der Waals surface area contributed by atoms with Gasteiger partial charge < -0.3 is 48.3 Å². The molecule has 0 bridgehead atoms. The van der Waals surface area contributed by atoms with Crippen molar-refractivity contribution >= 4 is 65.1 Å². The van der Waals surface area contributed by atoms with Gasteiger partial charge >= 0.3 is 6.03 Å². The maximum absolute atomic E-state index is 12.8. The van der Waals surface area contributed by atoms with Gasteiger partial charge in [0.05, 0.1) is 31.7 Å². The van der Waals surface area contributed by atoms with Crippen LogP contribution in [0.4, 0.5) is 4.79 Å². The minimum Gasteiger partial charge on any atom is -0.368 e. The molecule has 2 saturated heterocycles. The maximum Gasteiger partial charge on any atom is 0.315 e. The molecule has 316 valence electrons. The van der Waals surface area contributed by atoms with E-state index in [1.54, 1.807) is 13.8 Å². The smallest absolute Gasteiger partial charge is 0.315 e. The van der Waals surface area contributed by atoms with E-state index in [0.29, 0.717) is 37.5 Å². The quantitative estimate of drug-likeness (QED) is 0.0197. The number of urea groups is 1. The van der Waals surface area contributed by atoms with E-state index in [-0.39, 0.29) is 42.8 Å². The van der Waals surface area contributed by atoms with Crippen LogP contribution < -0.4 is 53.7 Å². The number of primary amides is 1. The zero-order valence-corrected chi connectivity index (χ0v) is 33.4. The van der Waals surface area contributed by atoms with Gasteiger partial charge in [-0.3, -0.25) is 43.6 Å². The van der Waals surface area contributed by atoms with Gasteiger partial charge in [-0.1, -0.05) is 34.1 Å². The van der Waals surface area contributed by atoms with Gasteiger partial charge in [0, 0.05) is 36.3 Å². The Kier molecular flexibility index (Phi) is 21.0. The zero-order valence-electron chi connectivity index (χ0n) is 32.6. The predicted octanol–water partition coefficient (Wildman–Crippen LogP) is -1.98. The summed E-state index contributed by atoms with van der Waals surface area (Å²) in [6.07, 6.45) is 4.23. The van der Waals surface area contributed by atoms with Crippen molar-refractivity contribution in [1.82, 2.24) is 48.0 Å². The number of nitrogens with one attached hydrogen (secondary N) is 9. The predicted molar refractivity (Wildman–Crippen MR) is 205 cm³/mol. The number of fused-ring (bicyclic) bond motifs is 1. The van der Waals surface area contributed by atoms with Crippen molar-refractivity contribution < 1.29 is 48.4 Å². The summed E-state index contributed by atoms with van der Waals surface area (Å²) in [5.74, 6) is -5.14. The second kappa shape index (κ2) is 24.8. The van der Waals surface area contributed by atoms with Crippen LogP contribution in [0, 0.1) is 17.8 Å². The van der Waals surface area contributed by atoms with Crippen LogP contribution in [0.3, 0.4) is 0 Å². The molecular formula is C35H60N10O10S. The standard InChI is InChI=1S/C35H60N10O10S/c1-19(2)13-21(14-26(47)45-55)33(52)39-17-29(50)43-30(20(3)4)34(53)40-15-27(48)38-16-28(49)41-22(32(36)51)9-7-8-12-37-25(46)11-6-5-10-24-31-23(18-56-24)42-35(54)44-31/h19-24,30-31,55H,5-18H2,1-4H3,(H2,36,51)(H,37,46)(H,38,48)(H,39,52)(H,40,53)(H,41,49)(H,43,50)(H,45,47)(H2,42,44,54)/t21?,22-,23-,24-,30-,31-/m0/s1. The molecule has 2 aliphatic heterocycles. The molecule has 6 atom stereocenters. The summed E-state index contributed by atoms with van der Waals surface area (Å²) < 4.78 is 0. The highest BCUT2D eigenvalue weighted by Gasteiger charge is 2.42. The normalized spacial score (nSPS) is 18.7. The third kappa shape index (κ3) is 17.9. The van der Waals surface area contributed by atoms with E-state index in [2.05, 4.69) is 42.5 Å². The molecule has 0 radical (unpaired) electrons. The molecule has 0 aromatic rings. The minimum atomic E-state index is -1.07. The summed E-state index contributed by atoms with van der Waals surface area (Å²) in [4.78, 5) is 110. The number of rotatable bonds is 26. The van der Waals surface area contributed by atoms with E-state index in [1.807, 2.05) is 25.6 Å². The third-order valence-electron chi connectivity index (χ3n) is 9.24. The van der Waals surface area contributed by atoms with Crippen LogP contribution in [0.1, 0.15) is 85.5 Å². The highest BCUT2D eigenvalue weighted by molar-refractivity contribution is 8.00. The number of carbonyl (C=O) groups is 9. The van der Waals surface area contributed by atoms with E-state index in [9.17, 15) is 43.2 Å². The number of hydrogen-bond donors (Lipinski definition) is 11. The van der Waals surface area contributed by atoms with Crippen molar-refractivity contribution in [2.24, 2.45) is 23.5 Å². The Morgan fingerprint density at radius 1 is 0.786 bits per heavy atom. The first-order chi connectivity index (χ1) is 26.5. The minimum absolute atomic E-state index is 0.0579. The van der Waals surface area contributed by atoms with E-state index >= 15 is 0 Å². The first kappa shape index (κ1) is 47.5. The Morgan fingerprint density at radius 2 is 1.45 bits per heavy atom. The van der Waals surface area contributed by atoms with Crippen LogP contribution in [0.2, 0.25) is 0 Å². The number of thioether (sulfide) groups is 1. The van der Waals surface area contributed by atoms with Crippen LogP contribution in [0.25, 0.3) is 0 Å². The second-order valence-electron chi connectivity index (χ2n) is 14.8. The van der Waals surface area contributed by atoms with Gasteiger partial charge in [0.25, 0.3) is 0 Å². The summed E-state index contributed by atoms with van der Waals surface area (Å²) in [7, 11) is 0. The summed E-state index contributed by atoms with van der Waals surface area (Å²) in [6.45, 7) is 5.93. The summed E-state index contributed by atoms with van der Waals surface area (Å²) >= 11 is 1.84. The molecule has 0 saturated carbocycles. The number of hydroxylamine groups is 1. The number of hydrogen-bond acceptors (Lipinski definition) is 11. The average Bonchev–Trinajstić information content (AvgIpc) is 3.70. The zero-order chi connectivity index (χ0) is 41.8. The molecular weight excluding hydrogens is 753 g/mol. The van der Waals surface area contributed by atoms with Crippen LogP contribution in [0.5, 0.6) is 0 Å². The van der Waals surface area contributed by atoms with Gasteiger partial charge in [-0.05, 0) is 50.4 Å². The molecule has 2 rings (SSSR count). The SMILES string of the molecule is CC(C)CC(CC(=O)NO)C(=O)NCC(=O)N[C@H](C(=O)NCC(=O)NCC(=O)N[C@@H](CCCCNC(=O)CCCC[C@@H]1SC[C@@H]2NC(=O)N[C@@H]21)C(N)=O)C(C)C. The van der Waals surface area contributed by atoms with Crippen LogP contribution in [0.15, 0.2) is 0 Å². The summed E-state index contributed by atoms with van der Waals surface area (Å²) in [5, 5.41) is 30.0. The highest BCUT2D eigenvalue weighted by atomic mass is 32.2. The molecule has 1 unspecified atom stereocenters. The van der Waals surface area contributed by atoms with Gasteiger partial charge in [-0.15, -0.1) is 0 Å². The molecule has 21 heteroatoms. The van der Waals surface area contributed by atoms with Gasteiger partial charge in [0.1, 0.15) is 12.1 Å².